The highest BCUT2D eigenvalue weighted by molar-refractivity contribution is 6.30. The third kappa shape index (κ3) is 2.94. The van der Waals surface area contributed by atoms with Gasteiger partial charge in [-0.3, -0.25) is 0 Å². The molecule has 0 fully saturated rings. The number of halogens is 1. The molecule has 0 saturated carbocycles. The van der Waals surface area contributed by atoms with Crippen LogP contribution in [0, 0.1) is 0 Å². The molecule has 24 heavy (non-hydrogen) atoms. The van der Waals surface area contributed by atoms with Crippen LogP contribution in [0.15, 0.2) is 66.7 Å². The molecule has 0 bridgehead atoms. The van der Waals surface area contributed by atoms with Crippen LogP contribution in [0.3, 0.4) is 0 Å². The lowest BCUT2D eigenvalue weighted by molar-refractivity contribution is 0.925. The number of rotatable bonds is 4. The van der Waals surface area contributed by atoms with E-state index in [2.05, 4.69) is 20.6 Å². The summed E-state index contributed by atoms with van der Waals surface area (Å²) in [6.07, 6.45) is 0. The summed E-state index contributed by atoms with van der Waals surface area (Å²) in [5, 5.41) is 17.0. The lowest BCUT2D eigenvalue weighted by atomic mass is 10.2. The fraction of sp³-hybridized carbons (Fsp3) is 0.0556. The van der Waals surface area contributed by atoms with Gasteiger partial charge in [0.2, 0.25) is 0 Å². The molecular formula is C18H14ClN5. The largest absolute Gasteiger partial charge is 0.365 e. The van der Waals surface area contributed by atoms with E-state index in [4.69, 9.17) is 11.6 Å². The molecule has 0 aliphatic carbocycles. The average molecular weight is 336 g/mol. The molecule has 0 aliphatic rings. The van der Waals surface area contributed by atoms with Gasteiger partial charge in [-0.2, -0.15) is 4.52 Å². The molecular weight excluding hydrogens is 322 g/mol. The van der Waals surface area contributed by atoms with Crippen molar-refractivity contribution < 1.29 is 0 Å². The lowest BCUT2D eigenvalue weighted by Gasteiger charge is -2.07. The Bertz CT molecular complexity index is 981. The number of hydrogen-bond acceptors (Lipinski definition) is 4. The second kappa shape index (κ2) is 6.29. The summed E-state index contributed by atoms with van der Waals surface area (Å²) in [6.45, 7) is 0.641. The first-order chi connectivity index (χ1) is 11.8. The number of nitrogens with zero attached hydrogens (tertiary/aromatic N) is 4. The minimum absolute atomic E-state index is 0.641. The van der Waals surface area contributed by atoms with Gasteiger partial charge >= 0.3 is 0 Å². The van der Waals surface area contributed by atoms with Crippen molar-refractivity contribution in [2.24, 2.45) is 0 Å². The van der Waals surface area contributed by atoms with Crippen molar-refractivity contribution >= 4 is 23.1 Å². The van der Waals surface area contributed by atoms with E-state index >= 15 is 0 Å². The standard InChI is InChI=1S/C18H14ClN5/c19-15-8-4-5-13(11-15)12-20-16-9-10-17-21-22-18(24(17)23-16)14-6-2-1-3-7-14/h1-11H,12H2,(H,20,23). The van der Waals surface area contributed by atoms with Crippen LogP contribution >= 0.6 is 11.6 Å². The molecule has 4 aromatic rings. The van der Waals surface area contributed by atoms with E-state index in [1.807, 2.05) is 66.7 Å². The minimum atomic E-state index is 0.641. The summed E-state index contributed by atoms with van der Waals surface area (Å²) in [7, 11) is 0. The maximum Gasteiger partial charge on any atom is 0.185 e. The Balaban J connectivity index is 1.63. The van der Waals surface area contributed by atoms with Crippen molar-refractivity contribution in [3.05, 3.63) is 77.3 Å². The Morgan fingerprint density at radius 1 is 0.917 bits per heavy atom. The Kier molecular flexibility index (Phi) is 3.84. The Hall–Kier alpha value is -2.92. The normalized spacial score (nSPS) is 10.9. The summed E-state index contributed by atoms with van der Waals surface area (Å²) in [4.78, 5) is 0. The van der Waals surface area contributed by atoms with Gasteiger partial charge in [-0.25, -0.2) is 0 Å². The molecule has 118 valence electrons. The second-order valence-electron chi connectivity index (χ2n) is 5.36. The Morgan fingerprint density at radius 3 is 2.62 bits per heavy atom. The summed E-state index contributed by atoms with van der Waals surface area (Å²) in [6, 6.07) is 21.4. The SMILES string of the molecule is Clc1cccc(CNc2ccc3nnc(-c4ccccc4)n3n2)c1. The quantitative estimate of drug-likeness (QED) is 0.611. The zero-order valence-electron chi connectivity index (χ0n) is 12.7. The van der Waals surface area contributed by atoms with Crippen LogP contribution < -0.4 is 5.32 Å². The molecule has 5 nitrogen and oxygen atoms in total. The van der Waals surface area contributed by atoms with Crippen molar-refractivity contribution in [2.75, 3.05) is 5.32 Å². The van der Waals surface area contributed by atoms with Gasteiger partial charge in [0.1, 0.15) is 5.82 Å². The molecule has 0 saturated heterocycles. The minimum Gasteiger partial charge on any atom is -0.365 e. The molecule has 0 atom stereocenters. The average Bonchev–Trinajstić information content (AvgIpc) is 3.04. The highest BCUT2D eigenvalue weighted by atomic mass is 35.5. The predicted molar refractivity (Wildman–Crippen MR) is 95.0 cm³/mol. The molecule has 6 heteroatoms. The fourth-order valence-electron chi connectivity index (χ4n) is 2.49. The van der Waals surface area contributed by atoms with Gasteiger partial charge in [-0.1, -0.05) is 54.1 Å². The maximum absolute atomic E-state index is 6.01. The third-order valence-electron chi connectivity index (χ3n) is 3.66. The van der Waals surface area contributed by atoms with Crippen LogP contribution in [0.1, 0.15) is 5.56 Å². The molecule has 0 spiro atoms. The highest BCUT2D eigenvalue weighted by Gasteiger charge is 2.09. The van der Waals surface area contributed by atoms with Gasteiger partial charge in [0.25, 0.3) is 0 Å². The van der Waals surface area contributed by atoms with Gasteiger partial charge in [-0.05, 0) is 29.8 Å². The zero-order chi connectivity index (χ0) is 16.4. The number of fused-ring (bicyclic) bond motifs is 1. The zero-order valence-corrected chi connectivity index (χ0v) is 13.5. The third-order valence-corrected chi connectivity index (χ3v) is 3.89. The van der Waals surface area contributed by atoms with E-state index in [1.54, 1.807) is 4.52 Å². The first-order valence-electron chi connectivity index (χ1n) is 7.56. The number of nitrogens with one attached hydrogen (secondary N) is 1. The predicted octanol–water partition coefficient (Wildman–Crippen LogP) is 4.06. The van der Waals surface area contributed by atoms with Gasteiger partial charge < -0.3 is 5.32 Å². The summed E-state index contributed by atoms with van der Waals surface area (Å²) in [5.41, 5.74) is 2.78. The monoisotopic (exact) mass is 335 g/mol. The van der Waals surface area contributed by atoms with Gasteiger partial charge in [-0.15, -0.1) is 15.3 Å². The van der Waals surface area contributed by atoms with E-state index in [0.29, 0.717) is 12.2 Å². The molecule has 0 amide bonds. The van der Waals surface area contributed by atoms with Crippen molar-refractivity contribution in [3.8, 4) is 11.4 Å². The van der Waals surface area contributed by atoms with Crippen LogP contribution in [0.5, 0.6) is 0 Å². The number of hydrogen-bond donors (Lipinski definition) is 1. The molecule has 2 aromatic carbocycles. The summed E-state index contributed by atoms with van der Waals surface area (Å²) in [5.74, 6) is 1.47. The van der Waals surface area contributed by atoms with Crippen molar-refractivity contribution in [3.63, 3.8) is 0 Å². The molecule has 4 rings (SSSR count). The van der Waals surface area contributed by atoms with Crippen LogP contribution in [0.4, 0.5) is 5.82 Å². The van der Waals surface area contributed by atoms with E-state index < -0.39 is 0 Å². The van der Waals surface area contributed by atoms with Crippen LogP contribution in [0.25, 0.3) is 17.0 Å². The molecule has 0 unspecified atom stereocenters. The van der Waals surface area contributed by atoms with E-state index in [1.165, 1.54) is 0 Å². The van der Waals surface area contributed by atoms with Crippen molar-refractivity contribution in [2.45, 2.75) is 6.54 Å². The van der Waals surface area contributed by atoms with Crippen molar-refractivity contribution in [1.29, 1.82) is 0 Å². The molecule has 1 N–H and O–H groups in total. The molecule has 2 heterocycles. The van der Waals surface area contributed by atoms with Crippen LogP contribution in [0.2, 0.25) is 5.02 Å². The van der Waals surface area contributed by atoms with Gasteiger partial charge in [0.15, 0.2) is 11.5 Å². The van der Waals surface area contributed by atoms with Crippen molar-refractivity contribution in [1.82, 2.24) is 19.8 Å². The first kappa shape index (κ1) is 14.7. The van der Waals surface area contributed by atoms with Crippen LogP contribution in [-0.2, 0) is 6.54 Å². The van der Waals surface area contributed by atoms with Gasteiger partial charge in [0, 0.05) is 17.1 Å². The second-order valence-corrected chi connectivity index (χ2v) is 5.80. The first-order valence-corrected chi connectivity index (χ1v) is 7.93. The number of anilines is 1. The highest BCUT2D eigenvalue weighted by Crippen LogP contribution is 2.18. The van der Waals surface area contributed by atoms with E-state index in [0.717, 1.165) is 27.8 Å². The summed E-state index contributed by atoms with van der Waals surface area (Å²) >= 11 is 6.01. The smallest absolute Gasteiger partial charge is 0.185 e. The lowest BCUT2D eigenvalue weighted by Crippen LogP contribution is -2.04. The number of aromatic nitrogens is 4. The van der Waals surface area contributed by atoms with E-state index in [-0.39, 0.29) is 0 Å². The topological polar surface area (TPSA) is 55.1 Å². The fourth-order valence-corrected chi connectivity index (χ4v) is 2.70. The molecule has 0 aliphatic heterocycles. The van der Waals surface area contributed by atoms with Crippen LogP contribution in [-0.4, -0.2) is 19.8 Å². The van der Waals surface area contributed by atoms with Gasteiger partial charge in [0.05, 0.1) is 0 Å². The Morgan fingerprint density at radius 2 is 1.79 bits per heavy atom. The number of benzene rings is 2. The molecule has 0 radical (unpaired) electrons. The molecule has 2 aromatic heterocycles. The Labute approximate surface area is 143 Å². The van der Waals surface area contributed by atoms with E-state index in [9.17, 15) is 0 Å². The summed E-state index contributed by atoms with van der Waals surface area (Å²) < 4.78 is 1.75. The maximum atomic E-state index is 6.01.